The summed E-state index contributed by atoms with van der Waals surface area (Å²) in [6, 6.07) is 10.1. The zero-order chi connectivity index (χ0) is 17.8. The zero-order valence-electron chi connectivity index (χ0n) is 15.4. The molecule has 1 aliphatic heterocycles. The number of carbonyl (C=O) groups excluding carboxylic acids is 1. The lowest BCUT2D eigenvalue weighted by molar-refractivity contribution is 0.176. The van der Waals surface area contributed by atoms with Crippen molar-refractivity contribution in [2.75, 3.05) is 18.4 Å². The number of imidazole rings is 1. The molecule has 2 aromatic rings. The van der Waals surface area contributed by atoms with Crippen LogP contribution in [0.25, 0.3) is 0 Å². The van der Waals surface area contributed by atoms with Gasteiger partial charge in [-0.3, -0.25) is 0 Å². The van der Waals surface area contributed by atoms with Crippen LogP contribution in [0, 0.1) is 12.8 Å². The van der Waals surface area contributed by atoms with Gasteiger partial charge in [-0.25, -0.2) is 9.78 Å². The molecular weight excluding hydrogens is 312 g/mol. The Morgan fingerprint density at radius 1 is 1.32 bits per heavy atom. The maximum Gasteiger partial charge on any atom is 0.321 e. The number of urea groups is 1. The Morgan fingerprint density at radius 3 is 2.80 bits per heavy atom. The van der Waals surface area contributed by atoms with Gasteiger partial charge in [-0.15, -0.1) is 0 Å². The largest absolute Gasteiger partial charge is 0.330 e. The summed E-state index contributed by atoms with van der Waals surface area (Å²) in [5.41, 5.74) is 2.06. The van der Waals surface area contributed by atoms with Crippen molar-refractivity contribution in [2.24, 2.45) is 5.92 Å². The standard InChI is InChI=1S/C20H28N4O/c1-15(2)24-16(3)13-21-19(24)12-17-8-7-11-23(14-17)20(25)22-18-9-5-4-6-10-18/h4-6,9-10,13,15,17H,7-8,11-12,14H2,1-3H3,(H,22,25). The third-order valence-corrected chi connectivity index (χ3v) is 4.88. The highest BCUT2D eigenvalue weighted by molar-refractivity contribution is 5.89. The summed E-state index contributed by atoms with van der Waals surface area (Å²) in [5.74, 6) is 1.61. The lowest BCUT2D eigenvalue weighted by Gasteiger charge is -2.33. The molecule has 0 saturated carbocycles. The van der Waals surface area contributed by atoms with Crippen LogP contribution < -0.4 is 5.32 Å². The smallest absolute Gasteiger partial charge is 0.321 e. The predicted octanol–water partition coefficient (Wildman–Crippen LogP) is 4.26. The Morgan fingerprint density at radius 2 is 2.08 bits per heavy atom. The Balaban J connectivity index is 1.62. The molecule has 0 bridgehead atoms. The Bertz CT molecular complexity index is 708. The molecule has 1 aromatic heterocycles. The highest BCUT2D eigenvalue weighted by Gasteiger charge is 2.25. The Kier molecular flexibility index (Phi) is 5.41. The van der Waals surface area contributed by atoms with Crippen LogP contribution in [0.4, 0.5) is 10.5 Å². The summed E-state index contributed by atoms with van der Waals surface area (Å²) >= 11 is 0. The number of nitrogens with one attached hydrogen (secondary N) is 1. The molecule has 134 valence electrons. The van der Waals surface area contributed by atoms with Gasteiger partial charge in [0.05, 0.1) is 0 Å². The predicted molar refractivity (Wildman–Crippen MR) is 101 cm³/mol. The fourth-order valence-corrected chi connectivity index (χ4v) is 3.75. The lowest BCUT2D eigenvalue weighted by atomic mass is 9.94. The number of nitrogens with zero attached hydrogens (tertiary/aromatic N) is 3. The van der Waals surface area contributed by atoms with Crippen LogP contribution in [0.5, 0.6) is 0 Å². The van der Waals surface area contributed by atoms with Crippen LogP contribution in [0.3, 0.4) is 0 Å². The topological polar surface area (TPSA) is 50.2 Å². The van der Waals surface area contributed by atoms with Crippen LogP contribution in [0.1, 0.15) is 44.2 Å². The average Bonchev–Trinajstić information content (AvgIpc) is 2.96. The number of likely N-dealkylation sites (tertiary alicyclic amines) is 1. The highest BCUT2D eigenvalue weighted by atomic mass is 16.2. The number of amides is 2. The summed E-state index contributed by atoms with van der Waals surface area (Å²) in [6.45, 7) is 8.11. The summed E-state index contributed by atoms with van der Waals surface area (Å²) in [4.78, 5) is 19.1. The normalized spacial score (nSPS) is 17.8. The van der Waals surface area contributed by atoms with Gasteiger partial charge in [-0.05, 0) is 51.7 Å². The molecule has 3 rings (SSSR count). The minimum absolute atomic E-state index is 0.000665. The minimum Gasteiger partial charge on any atom is -0.330 e. The van der Waals surface area contributed by atoms with E-state index in [4.69, 9.17) is 0 Å². The van der Waals surface area contributed by atoms with E-state index in [1.165, 1.54) is 5.69 Å². The molecule has 5 heteroatoms. The number of hydrogen-bond donors (Lipinski definition) is 1. The van der Waals surface area contributed by atoms with E-state index in [1.807, 2.05) is 41.4 Å². The molecule has 1 fully saturated rings. The molecule has 1 N–H and O–H groups in total. The molecule has 0 radical (unpaired) electrons. The van der Waals surface area contributed by atoms with Crippen molar-refractivity contribution >= 4 is 11.7 Å². The minimum atomic E-state index is -0.000665. The average molecular weight is 340 g/mol. The highest BCUT2D eigenvalue weighted by Crippen LogP contribution is 2.23. The summed E-state index contributed by atoms with van der Waals surface area (Å²) in [6.07, 6.45) is 5.09. The molecular formula is C20H28N4O. The van der Waals surface area contributed by atoms with E-state index in [-0.39, 0.29) is 6.03 Å². The van der Waals surface area contributed by atoms with Crippen molar-refractivity contribution in [3.8, 4) is 0 Å². The van der Waals surface area contributed by atoms with E-state index in [0.717, 1.165) is 43.9 Å². The first kappa shape index (κ1) is 17.5. The van der Waals surface area contributed by atoms with E-state index in [9.17, 15) is 4.79 Å². The monoisotopic (exact) mass is 340 g/mol. The van der Waals surface area contributed by atoms with Gasteiger partial charge < -0.3 is 14.8 Å². The van der Waals surface area contributed by atoms with Crippen molar-refractivity contribution in [3.05, 3.63) is 48.0 Å². The van der Waals surface area contributed by atoms with Crippen molar-refractivity contribution in [2.45, 2.75) is 46.1 Å². The van der Waals surface area contributed by atoms with Gasteiger partial charge in [0.2, 0.25) is 0 Å². The second kappa shape index (κ2) is 7.72. The fraction of sp³-hybridized carbons (Fsp3) is 0.500. The number of piperidine rings is 1. The molecule has 1 aromatic carbocycles. The number of aromatic nitrogens is 2. The molecule has 1 atom stereocenters. The van der Waals surface area contributed by atoms with Gasteiger partial charge in [0.15, 0.2) is 0 Å². The fourth-order valence-electron chi connectivity index (χ4n) is 3.75. The second-order valence-corrected chi connectivity index (χ2v) is 7.23. The molecule has 5 nitrogen and oxygen atoms in total. The molecule has 0 aliphatic carbocycles. The number of anilines is 1. The maximum absolute atomic E-state index is 12.5. The maximum atomic E-state index is 12.5. The number of aryl methyl sites for hydroxylation is 1. The van der Waals surface area contributed by atoms with Crippen LogP contribution >= 0.6 is 0 Å². The van der Waals surface area contributed by atoms with Crippen LogP contribution in [-0.2, 0) is 6.42 Å². The van der Waals surface area contributed by atoms with Crippen LogP contribution in [0.2, 0.25) is 0 Å². The van der Waals surface area contributed by atoms with Crippen molar-refractivity contribution < 1.29 is 4.79 Å². The first-order valence-corrected chi connectivity index (χ1v) is 9.18. The molecule has 2 heterocycles. The van der Waals surface area contributed by atoms with Crippen LogP contribution in [-0.4, -0.2) is 33.6 Å². The first-order valence-electron chi connectivity index (χ1n) is 9.18. The molecule has 1 saturated heterocycles. The second-order valence-electron chi connectivity index (χ2n) is 7.23. The third-order valence-electron chi connectivity index (χ3n) is 4.88. The van der Waals surface area contributed by atoms with E-state index >= 15 is 0 Å². The SMILES string of the molecule is Cc1cnc(CC2CCCN(C(=O)Nc3ccccc3)C2)n1C(C)C. The van der Waals surface area contributed by atoms with Gasteiger partial charge in [-0.2, -0.15) is 0 Å². The Labute approximate surface area is 150 Å². The lowest BCUT2D eigenvalue weighted by Crippen LogP contribution is -2.43. The molecule has 0 spiro atoms. The Hall–Kier alpha value is -2.30. The number of hydrogen-bond acceptors (Lipinski definition) is 2. The van der Waals surface area contributed by atoms with Gasteiger partial charge in [0.1, 0.15) is 5.82 Å². The number of para-hydroxylation sites is 1. The molecule has 1 unspecified atom stereocenters. The van der Waals surface area contributed by atoms with Crippen LogP contribution in [0.15, 0.2) is 36.5 Å². The number of benzene rings is 1. The first-order chi connectivity index (χ1) is 12.0. The van der Waals surface area contributed by atoms with E-state index in [0.29, 0.717) is 12.0 Å². The van der Waals surface area contributed by atoms with Gasteiger partial charge in [0, 0.05) is 43.1 Å². The van der Waals surface area contributed by atoms with Gasteiger partial charge >= 0.3 is 6.03 Å². The van der Waals surface area contributed by atoms with Crippen molar-refractivity contribution in [3.63, 3.8) is 0 Å². The van der Waals surface area contributed by atoms with Crippen molar-refractivity contribution in [1.29, 1.82) is 0 Å². The quantitative estimate of drug-likeness (QED) is 0.904. The number of rotatable bonds is 4. The summed E-state index contributed by atoms with van der Waals surface area (Å²) in [5, 5.41) is 3.00. The van der Waals surface area contributed by atoms with Crippen molar-refractivity contribution in [1.82, 2.24) is 14.5 Å². The van der Waals surface area contributed by atoms with E-state index in [2.05, 4.69) is 35.6 Å². The van der Waals surface area contributed by atoms with E-state index < -0.39 is 0 Å². The molecule has 25 heavy (non-hydrogen) atoms. The summed E-state index contributed by atoms with van der Waals surface area (Å²) in [7, 11) is 0. The molecule has 1 aliphatic rings. The zero-order valence-corrected chi connectivity index (χ0v) is 15.4. The summed E-state index contributed by atoms with van der Waals surface area (Å²) < 4.78 is 2.31. The van der Waals surface area contributed by atoms with E-state index in [1.54, 1.807) is 0 Å². The van der Waals surface area contributed by atoms with Gasteiger partial charge in [-0.1, -0.05) is 18.2 Å². The van der Waals surface area contributed by atoms with Gasteiger partial charge in [0.25, 0.3) is 0 Å². The number of carbonyl (C=O) groups is 1. The third kappa shape index (κ3) is 4.21. The molecule has 2 amide bonds.